The number of carbonyl (C=O) groups is 3. The molecule has 7 heteroatoms. The van der Waals surface area contributed by atoms with E-state index in [1.54, 1.807) is 91.0 Å². The van der Waals surface area contributed by atoms with Crippen LogP contribution in [-0.4, -0.2) is 36.5 Å². The quantitative estimate of drug-likeness (QED) is 0.202. The predicted octanol–water partition coefficient (Wildman–Crippen LogP) is 6.80. The first-order chi connectivity index (χ1) is 19.9. The Labute approximate surface area is 240 Å². The molecular weight excluding hydrogens is 541 g/mol. The lowest BCUT2D eigenvalue weighted by atomic mass is 9.64. The van der Waals surface area contributed by atoms with Gasteiger partial charge in [-0.15, -0.1) is 0 Å². The van der Waals surface area contributed by atoms with Gasteiger partial charge in [-0.25, -0.2) is 4.39 Å². The maximum Gasteiger partial charge on any atom is 0.186 e. The van der Waals surface area contributed by atoms with Crippen molar-refractivity contribution in [2.75, 3.05) is 12.0 Å². The van der Waals surface area contributed by atoms with Crippen LogP contribution in [0.4, 0.5) is 10.1 Å². The molecule has 0 N–H and O–H groups in total. The summed E-state index contributed by atoms with van der Waals surface area (Å²) in [6.45, 7) is 0. The van der Waals surface area contributed by atoms with Gasteiger partial charge in [0.05, 0.1) is 13.2 Å². The van der Waals surface area contributed by atoms with E-state index >= 15 is 0 Å². The normalized spacial score (nSPS) is 21.5. The Morgan fingerprint density at radius 2 is 1.61 bits per heavy atom. The molecule has 1 fully saturated rings. The average Bonchev–Trinajstić information content (AvgIpc) is 3.43. The van der Waals surface area contributed by atoms with Gasteiger partial charge in [0, 0.05) is 38.9 Å². The summed E-state index contributed by atoms with van der Waals surface area (Å²) in [7, 11) is 1.52. The number of hydrogen-bond acceptors (Lipinski definition) is 5. The number of fused-ring (bicyclic) bond motifs is 5. The third-order valence-electron chi connectivity index (χ3n) is 8.63. The van der Waals surface area contributed by atoms with Crippen LogP contribution in [0, 0.1) is 11.2 Å². The molecule has 202 valence electrons. The Morgan fingerprint density at radius 1 is 0.902 bits per heavy atom. The van der Waals surface area contributed by atoms with Gasteiger partial charge in [0.15, 0.2) is 17.3 Å². The van der Waals surface area contributed by atoms with Crippen LogP contribution in [-0.2, 0) is 0 Å². The van der Waals surface area contributed by atoms with Gasteiger partial charge in [-0.3, -0.25) is 14.4 Å². The van der Waals surface area contributed by atoms with Crippen LogP contribution in [0.3, 0.4) is 0 Å². The Bertz CT molecular complexity index is 1780. The summed E-state index contributed by atoms with van der Waals surface area (Å²) >= 11 is 6.81. The Morgan fingerprint density at radius 3 is 2.32 bits per heavy atom. The van der Waals surface area contributed by atoms with Gasteiger partial charge in [-0.1, -0.05) is 78.4 Å². The highest BCUT2D eigenvalue weighted by Gasteiger charge is 2.71. The second-order valence-electron chi connectivity index (χ2n) is 10.5. The smallest absolute Gasteiger partial charge is 0.186 e. The second kappa shape index (κ2) is 9.25. The Hall–Kier alpha value is -4.55. The van der Waals surface area contributed by atoms with Crippen LogP contribution in [0.2, 0.25) is 5.02 Å². The number of methoxy groups -OCH3 is 1. The first-order valence-electron chi connectivity index (χ1n) is 13.3. The molecular formula is C34H23ClFNO4. The summed E-state index contributed by atoms with van der Waals surface area (Å²) in [6, 6.07) is 23.1. The summed E-state index contributed by atoms with van der Waals surface area (Å²) in [5.41, 5.74) is 0.952. The summed E-state index contributed by atoms with van der Waals surface area (Å²) in [5.74, 6) is -1.90. The molecule has 1 spiro atoms. The number of Topliss-reactive ketones (excluding diaryl/α,β-unsaturated/α-hetero) is 3. The number of ketones is 3. The Balaban J connectivity index is 1.56. The highest BCUT2D eigenvalue weighted by atomic mass is 35.5. The average molecular weight is 564 g/mol. The van der Waals surface area contributed by atoms with Gasteiger partial charge in [0.2, 0.25) is 0 Å². The van der Waals surface area contributed by atoms with Crippen LogP contribution in [0.1, 0.15) is 48.1 Å². The van der Waals surface area contributed by atoms with Crippen LogP contribution in [0.5, 0.6) is 5.75 Å². The third-order valence-corrected chi connectivity index (χ3v) is 8.97. The second-order valence-corrected chi connectivity index (χ2v) is 10.9. The number of rotatable bonds is 4. The number of halogens is 2. The van der Waals surface area contributed by atoms with E-state index in [-0.39, 0.29) is 17.3 Å². The molecule has 0 bridgehead atoms. The summed E-state index contributed by atoms with van der Waals surface area (Å²) in [5, 5.41) is 0.347. The molecule has 41 heavy (non-hydrogen) atoms. The molecule has 0 unspecified atom stereocenters. The highest BCUT2D eigenvalue weighted by Crippen LogP contribution is 2.61. The molecule has 0 radical (unpaired) electrons. The van der Waals surface area contributed by atoms with Crippen LogP contribution >= 0.6 is 11.6 Å². The van der Waals surface area contributed by atoms with Gasteiger partial charge in [-0.05, 0) is 42.0 Å². The lowest BCUT2D eigenvalue weighted by Crippen LogP contribution is -2.48. The monoisotopic (exact) mass is 563 g/mol. The number of hydrogen-bond donors (Lipinski definition) is 0. The minimum Gasteiger partial charge on any atom is -0.497 e. The summed E-state index contributed by atoms with van der Waals surface area (Å²) < 4.78 is 19.8. The van der Waals surface area contributed by atoms with Crippen molar-refractivity contribution in [3.8, 4) is 5.75 Å². The third kappa shape index (κ3) is 3.44. The van der Waals surface area contributed by atoms with Gasteiger partial charge in [0.1, 0.15) is 23.0 Å². The van der Waals surface area contributed by atoms with E-state index in [0.29, 0.717) is 44.3 Å². The van der Waals surface area contributed by atoms with Gasteiger partial charge in [0.25, 0.3) is 0 Å². The van der Waals surface area contributed by atoms with E-state index in [9.17, 15) is 18.8 Å². The molecule has 4 aromatic carbocycles. The minimum absolute atomic E-state index is 0.308. The van der Waals surface area contributed by atoms with E-state index in [4.69, 9.17) is 16.3 Å². The van der Waals surface area contributed by atoms with Crippen LogP contribution in [0.15, 0.2) is 97.1 Å². The van der Waals surface area contributed by atoms with Crippen molar-refractivity contribution < 1.29 is 23.5 Å². The first kappa shape index (κ1) is 25.4. The molecule has 0 saturated carbocycles. The van der Waals surface area contributed by atoms with Crippen molar-refractivity contribution in [2.24, 2.45) is 5.41 Å². The van der Waals surface area contributed by atoms with E-state index < -0.39 is 29.2 Å². The lowest BCUT2D eigenvalue weighted by molar-refractivity contribution is 0.0666. The topological polar surface area (TPSA) is 63.7 Å². The van der Waals surface area contributed by atoms with Crippen LogP contribution < -0.4 is 9.64 Å². The zero-order chi connectivity index (χ0) is 28.5. The summed E-state index contributed by atoms with van der Waals surface area (Å²) in [4.78, 5) is 45.8. The van der Waals surface area contributed by atoms with E-state index in [2.05, 4.69) is 0 Å². The molecule has 2 aliphatic heterocycles. The molecule has 1 saturated heterocycles. The number of carbonyl (C=O) groups excluding carboxylic acids is 3. The Kier molecular flexibility index (Phi) is 5.73. The molecule has 2 heterocycles. The minimum atomic E-state index is -1.68. The molecule has 3 aliphatic rings. The van der Waals surface area contributed by atoms with Crippen molar-refractivity contribution in [1.82, 2.24) is 0 Å². The maximum absolute atomic E-state index is 14.7. The number of benzene rings is 4. The zero-order valence-corrected chi connectivity index (χ0v) is 22.6. The van der Waals surface area contributed by atoms with Crippen molar-refractivity contribution in [2.45, 2.75) is 18.0 Å². The van der Waals surface area contributed by atoms with E-state index in [1.807, 2.05) is 4.90 Å². The predicted molar refractivity (Wildman–Crippen MR) is 155 cm³/mol. The summed E-state index contributed by atoms with van der Waals surface area (Å²) in [6.07, 6.45) is 3.49. The molecule has 0 amide bonds. The van der Waals surface area contributed by atoms with Gasteiger partial charge >= 0.3 is 0 Å². The maximum atomic E-state index is 14.7. The molecule has 5 nitrogen and oxygen atoms in total. The fourth-order valence-corrected chi connectivity index (χ4v) is 7.22. The first-order valence-corrected chi connectivity index (χ1v) is 13.6. The van der Waals surface area contributed by atoms with Crippen LogP contribution in [0.25, 0.3) is 6.08 Å². The fourth-order valence-electron chi connectivity index (χ4n) is 6.97. The molecule has 7 rings (SSSR count). The molecule has 3 atom stereocenters. The fraction of sp³-hybridized carbons (Fsp3) is 0.147. The lowest BCUT2D eigenvalue weighted by Gasteiger charge is -2.37. The van der Waals surface area contributed by atoms with Gasteiger partial charge in [-0.2, -0.15) is 0 Å². The molecule has 4 aromatic rings. The van der Waals surface area contributed by atoms with Crippen molar-refractivity contribution in [1.29, 1.82) is 0 Å². The molecule has 1 aliphatic carbocycles. The van der Waals surface area contributed by atoms with Gasteiger partial charge < -0.3 is 9.64 Å². The highest BCUT2D eigenvalue weighted by molar-refractivity contribution is 6.34. The van der Waals surface area contributed by atoms with E-state index in [1.165, 1.54) is 19.2 Å². The largest absolute Gasteiger partial charge is 0.497 e. The SMILES string of the molecule is COc1cccc(C(=O)[C@H]2[C@@H](c3ccccc3Cl)C3(C(=O)c4ccccc4C3=O)[C@H]3C=Cc4cc(F)ccc4N23)c1. The van der Waals surface area contributed by atoms with E-state index in [0.717, 1.165) is 0 Å². The standard InChI is InChI=1S/C34H23ClFNO4/c1-41-22-8-6-7-20(18-22)31(38)30-29(25-11-4-5-12-26(25)35)34(32(39)23-9-2-3-10-24(23)33(34)40)28-16-13-19-17-21(36)14-15-27(19)37(28)30/h2-18,28-30H,1H3/t28-,29-,30-/m1/s1. The number of ether oxygens (including phenoxy) is 1. The van der Waals surface area contributed by atoms with Crippen molar-refractivity contribution in [3.05, 3.63) is 136 Å². The number of anilines is 1. The van der Waals surface area contributed by atoms with Crippen molar-refractivity contribution >= 4 is 40.7 Å². The number of nitrogens with zero attached hydrogens (tertiary/aromatic N) is 1. The molecule has 0 aromatic heterocycles. The van der Waals surface area contributed by atoms with Crippen molar-refractivity contribution in [3.63, 3.8) is 0 Å². The zero-order valence-electron chi connectivity index (χ0n) is 21.9.